The minimum absolute atomic E-state index is 0.0910. The van der Waals surface area contributed by atoms with Crippen molar-refractivity contribution in [1.82, 2.24) is 14.5 Å². The molecule has 0 aromatic carbocycles. The Hall–Kier alpha value is -0.863. The number of rotatable bonds is 9. The van der Waals surface area contributed by atoms with Crippen LogP contribution in [0.1, 0.15) is 33.4 Å². The third-order valence-electron chi connectivity index (χ3n) is 5.60. The summed E-state index contributed by atoms with van der Waals surface area (Å²) in [5, 5.41) is 0.0910. The molecule has 1 aromatic rings. The molecule has 0 spiro atoms. The largest absolute Gasteiger partial charge is 0.414 e. The van der Waals surface area contributed by atoms with Crippen LogP contribution in [0.2, 0.25) is 18.1 Å². The molecule has 31 heavy (non-hydrogen) atoms. The molecule has 1 fully saturated rings. The Morgan fingerprint density at radius 1 is 1.42 bits per heavy atom. The SMILES string of the molecule is COCOC1C[C@H](n2cc(I)c(N=CN(C)C)nc2=O)O[C@@H]1CO[Si](C)(C)C(C)(C)C. The summed E-state index contributed by atoms with van der Waals surface area (Å²) in [6.45, 7) is 11.6. The molecule has 0 bridgehead atoms. The summed E-state index contributed by atoms with van der Waals surface area (Å²) < 4.78 is 25.8. The van der Waals surface area contributed by atoms with Gasteiger partial charge in [0.25, 0.3) is 0 Å². The predicted molar refractivity (Wildman–Crippen MR) is 131 cm³/mol. The highest BCUT2D eigenvalue weighted by Gasteiger charge is 2.42. The van der Waals surface area contributed by atoms with Gasteiger partial charge in [-0.1, -0.05) is 20.8 Å². The van der Waals surface area contributed by atoms with E-state index in [0.717, 1.165) is 3.57 Å². The lowest BCUT2D eigenvalue weighted by atomic mass is 10.2. The van der Waals surface area contributed by atoms with Crippen LogP contribution in [0.4, 0.5) is 5.82 Å². The third kappa shape index (κ3) is 7.06. The van der Waals surface area contributed by atoms with Crippen molar-refractivity contribution in [2.75, 3.05) is 34.6 Å². The van der Waals surface area contributed by atoms with Gasteiger partial charge in [-0.25, -0.2) is 9.79 Å². The molecule has 0 saturated carbocycles. The molecule has 0 N–H and O–H groups in total. The van der Waals surface area contributed by atoms with E-state index >= 15 is 0 Å². The fourth-order valence-electron chi connectivity index (χ4n) is 2.76. The zero-order valence-corrected chi connectivity index (χ0v) is 22.9. The quantitative estimate of drug-likeness (QED) is 0.149. The van der Waals surface area contributed by atoms with E-state index in [4.69, 9.17) is 18.6 Å². The molecule has 3 atom stereocenters. The van der Waals surface area contributed by atoms with Gasteiger partial charge in [-0.05, 0) is 40.7 Å². The maximum absolute atomic E-state index is 12.7. The van der Waals surface area contributed by atoms with Crippen molar-refractivity contribution >= 4 is 43.1 Å². The van der Waals surface area contributed by atoms with Gasteiger partial charge >= 0.3 is 5.69 Å². The average molecular weight is 567 g/mol. The van der Waals surface area contributed by atoms with Gasteiger partial charge in [-0.15, -0.1) is 0 Å². The van der Waals surface area contributed by atoms with Crippen LogP contribution in [0.15, 0.2) is 16.0 Å². The van der Waals surface area contributed by atoms with Crippen molar-refractivity contribution in [3.63, 3.8) is 0 Å². The van der Waals surface area contributed by atoms with E-state index in [1.54, 1.807) is 24.5 Å². The molecule has 0 amide bonds. The Balaban J connectivity index is 2.21. The van der Waals surface area contributed by atoms with Crippen LogP contribution < -0.4 is 5.69 Å². The molecule has 176 valence electrons. The van der Waals surface area contributed by atoms with Gasteiger partial charge in [0.15, 0.2) is 14.1 Å². The highest BCUT2D eigenvalue weighted by Crippen LogP contribution is 2.38. The molecule has 0 aliphatic carbocycles. The highest BCUT2D eigenvalue weighted by molar-refractivity contribution is 14.1. The predicted octanol–water partition coefficient (Wildman–Crippen LogP) is 3.37. The summed E-state index contributed by atoms with van der Waals surface area (Å²) in [4.78, 5) is 22.9. The second-order valence-corrected chi connectivity index (χ2v) is 15.3. The lowest BCUT2D eigenvalue weighted by Crippen LogP contribution is -2.44. The fraction of sp³-hybridized carbons (Fsp3) is 0.750. The first-order valence-electron chi connectivity index (χ1n) is 10.2. The molecule has 9 nitrogen and oxygen atoms in total. The van der Waals surface area contributed by atoms with E-state index in [-0.39, 0.29) is 24.0 Å². The summed E-state index contributed by atoms with van der Waals surface area (Å²) in [7, 11) is 3.35. The minimum atomic E-state index is -1.95. The zero-order chi connectivity index (χ0) is 23.4. The van der Waals surface area contributed by atoms with Crippen LogP contribution in [0.25, 0.3) is 0 Å². The lowest BCUT2D eigenvalue weighted by molar-refractivity contribution is -0.106. The first-order chi connectivity index (χ1) is 14.4. The number of aliphatic imine (C=N–C) groups is 1. The van der Waals surface area contributed by atoms with Crippen LogP contribution in [-0.4, -0.2) is 75.9 Å². The number of halogens is 1. The van der Waals surface area contributed by atoms with Crippen molar-refractivity contribution in [3.05, 3.63) is 20.3 Å². The maximum Gasteiger partial charge on any atom is 0.351 e. The number of hydrogen-bond donors (Lipinski definition) is 0. The minimum Gasteiger partial charge on any atom is -0.414 e. The number of aromatic nitrogens is 2. The van der Waals surface area contributed by atoms with Gasteiger partial charge < -0.3 is 23.5 Å². The van der Waals surface area contributed by atoms with Crippen LogP contribution in [0.3, 0.4) is 0 Å². The van der Waals surface area contributed by atoms with Crippen molar-refractivity contribution in [2.24, 2.45) is 4.99 Å². The van der Waals surface area contributed by atoms with E-state index in [9.17, 15) is 4.79 Å². The standard InChI is InChI=1S/C20H35IN4O5Si/c1-20(2,3)31(7,8)29-11-16-15(28-13-27-6)9-17(30-16)25-10-14(21)18(23-19(25)26)22-12-24(4)5/h10,12,15-17H,9,11,13H2,1-8H3/t15?,16-,17-/m1/s1. The molecule has 11 heteroatoms. The highest BCUT2D eigenvalue weighted by atomic mass is 127. The first kappa shape index (κ1) is 26.4. The Bertz CT molecular complexity index is 825. The van der Waals surface area contributed by atoms with Gasteiger partial charge in [0.2, 0.25) is 0 Å². The Morgan fingerprint density at radius 2 is 2.10 bits per heavy atom. The monoisotopic (exact) mass is 566 g/mol. The molecular formula is C20H35IN4O5Si. The van der Waals surface area contributed by atoms with Crippen molar-refractivity contribution < 1.29 is 18.6 Å². The summed E-state index contributed by atoms with van der Waals surface area (Å²) in [5.74, 6) is 0.388. The van der Waals surface area contributed by atoms with E-state index < -0.39 is 20.2 Å². The first-order valence-corrected chi connectivity index (χ1v) is 14.2. The molecule has 1 saturated heterocycles. The van der Waals surface area contributed by atoms with Crippen molar-refractivity contribution in [3.8, 4) is 0 Å². The van der Waals surface area contributed by atoms with E-state index in [2.05, 4.69) is 66.4 Å². The average Bonchev–Trinajstić information content (AvgIpc) is 3.07. The third-order valence-corrected chi connectivity index (χ3v) is 10.9. The zero-order valence-electron chi connectivity index (χ0n) is 19.7. The number of hydrogen-bond acceptors (Lipinski definition) is 7. The maximum atomic E-state index is 12.7. The molecule has 1 aliphatic rings. The van der Waals surface area contributed by atoms with Gasteiger partial charge in [-0.2, -0.15) is 4.98 Å². The molecule has 2 rings (SSSR count). The Morgan fingerprint density at radius 3 is 2.68 bits per heavy atom. The molecule has 1 unspecified atom stereocenters. The smallest absolute Gasteiger partial charge is 0.351 e. The van der Waals surface area contributed by atoms with Crippen molar-refractivity contribution in [1.29, 1.82) is 0 Å². The second kappa shape index (κ2) is 10.8. The molecule has 2 heterocycles. The fourth-order valence-corrected chi connectivity index (χ4v) is 4.34. The molecular weight excluding hydrogens is 531 g/mol. The van der Waals surface area contributed by atoms with Crippen molar-refractivity contribution in [2.45, 2.75) is 63.8 Å². The molecule has 1 aromatic heterocycles. The Labute approximate surface area is 199 Å². The van der Waals surface area contributed by atoms with Crippen LogP contribution >= 0.6 is 22.6 Å². The van der Waals surface area contributed by atoms with Gasteiger partial charge in [0.05, 0.1) is 22.6 Å². The van der Waals surface area contributed by atoms with E-state index in [1.807, 2.05) is 14.1 Å². The summed E-state index contributed by atoms with van der Waals surface area (Å²) in [6.07, 6.45) is 2.81. The van der Waals surface area contributed by atoms with Crippen LogP contribution in [0.5, 0.6) is 0 Å². The normalized spacial score (nSPS) is 22.4. The number of methoxy groups -OCH3 is 1. The van der Waals surface area contributed by atoms with E-state index in [1.165, 1.54) is 4.57 Å². The van der Waals surface area contributed by atoms with Crippen LogP contribution in [-0.2, 0) is 18.6 Å². The topological polar surface area (TPSA) is 87.4 Å². The van der Waals surface area contributed by atoms with Gasteiger partial charge in [0, 0.05) is 33.8 Å². The lowest BCUT2D eigenvalue weighted by Gasteiger charge is -2.37. The number of nitrogens with zero attached hydrogens (tertiary/aromatic N) is 4. The number of ether oxygens (including phenoxy) is 3. The summed E-state index contributed by atoms with van der Waals surface area (Å²) in [5.41, 5.74) is -0.409. The Kier molecular flexibility index (Phi) is 9.23. The van der Waals surface area contributed by atoms with Gasteiger partial charge in [-0.3, -0.25) is 4.57 Å². The van der Waals surface area contributed by atoms with Gasteiger partial charge in [0.1, 0.15) is 19.1 Å². The van der Waals surface area contributed by atoms with Crippen LogP contribution in [0, 0.1) is 3.57 Å². The summed E-state index contributed by atoms with van der Waals surface area (Å²) >= 11 is 2.12. The summed E-state index contributed by atoms with van der Waals surface area (Å²) in [6, 6.07) is 0. The van der Waals surface area contributed by atoms with E-state index in [0.29, 0.717) is 18.8 Å². The molecule has 1 aliphatic heterocycles. The molecule has 0 radical (unpaired) electrons. The second-order valence-electron chi connectivity index (χ2n) is 9.36.